The van der Waals surface area contributed by atoms with Crippen LogP contribution in [0, 0.1) is 23.7 Å². The van der Waals surface area contributed by atoms with Crippen LogP contribution in [0.25, 0.3) is 0 Å². The van der Waals surface area contributed by atoms with Crippen LogP contribution in [0.15, 0.2) is 5.16 Å². The van der Waals surface area contributed by atoms with E-state index in [1.54, 1.807) is 48.5 Å². The fourth-order valence-electron chi connectivity index (χ4n) is 8.82. The normalized spacial score (nSPS) is 46.2. The quantitative estimate of drug-likeness (QED) is 0.0878. The molecule has 5 N–H and O–H groups in total. The van der Waals surface area contributed by atoms with Crippen molar-refractivity contribution < 1.29 is 68.3 Å². The monoisotopic (exact) mass is 842 g/mol. The average molecular weight is 843 g/mol. The minimum absolute atomic E-state index is 0. The number of rotatable bonds is 11. The second-order valence-corrected chi connectivity index (χ2v) is 17.3. The number of likely N-dealkylation sites (N-methyl/N-ethyl adjacent to an activating group) is 1. The molecule has 0 aromatic rings. The van der Waals surface area contributed by atoms with Crippen LogP contribution in [0.5, 0.6) is 0 Å². The molecule has 0 aliphatic carbocycles. The Kier molecular flexibility index (Phi) is 19.6. The molecule has 0 spiro atoms. The van der Waals surface area contributed by atoms with Gasteiger partial charge in [0.05, 0.1) is 53.4 Å². The van der Waals surface area contributed by atoms with Crippen LogP contribution in [0.2, 0.25) is 0 Å². The van der Waals surface area contributed by atoms with Gasteiger partial charge in [0.2, 0.25) is 6.79 Å². The average Bonchev–Trinajstić information content (AvgIpc) is 3.12. The highest BCUT2D eigenvalue weighted by atomic mass is 35.5. The van der Waals surface area contributed by atoms with E-state index in [1.165, 1.54) is 14.0 Å². The number of nitrogens with zero attached hydrogens (tertiary/aromatic N) is 2. The molecule has 0 unspecified atom stereocenters. The van der Waals surface area contributed by atoms with Crippen LogP contribution in [0.4, 0.5) is 0 Å². The maximum absolute atomic E-state index is 14.3. The van der Waals surface area contributed by atoms with Gasteiger partial charge in [0, 0.05) is 43.9 Å². The molecular weight excluding hydrogens is 768 g/mol. The van der Waals surface area contributed by atoms with E-state index < -0.39 is 102 Å². The molecule has 3 heterocycles. The molecule has 16 nitrogen and oxygen atoms in total. The number of aliphatic hydroxyl groups excluding tert-OH is 3. The van der Waals surface area contributed by atoms with Gasteiger partial charge in [-0.2, -0.15) is 0 Å². The smallest absolute Gasteiger partial charge is 0.311 e. The van der Waals surface area contributed by atoms with Gasteiger partial charge in [0.15, 0.2) is 12.6 Å². The van der Waals surface area contributed by atoms with Gasteiger partial charge in [-0.05, 0) is 81.8 Å². The molecule has 3 rings (SSSR count). The zero-order chi connectivity index (χ0) is 42.5. The number of methoxy groups -OCH3 is 1. The fourth-order valence-corrected chi connectivity index (χ4v) is 8.82. The second-order valence-electron chi connectivity index (χ2n) is 17.3. The summed E-state index contributed by atoms with van der Waals surface area (Å²) in [4.78, 5) is 21.7. The van der Waals surface area contributed by atoms with Gasteiger partial charge >= 0.3 is 5.97 Å². The molecule has 336 valence electrons. The van der Waals surface area contributed by atoms with Crippen molar-refractivity contribution in [2.45, 2.75) is 186 Å². The number of hydrogen-bond acceptors (Lipinski definition) is 16. The van der Waals surface area contributed by atoms with Gasteiger partial charge in [-0.3, -0.25) is 4.79 Å². The number of oxime groups is 1. The Bertz CT molecular complexity index is 1280. The number of halogens is 1. The standard InChI is InChI=1S/C40H74N2O14.ClH/c1-15-28-40(11,48)33(44)23(5)30(41-51-20-50-16-2)21(3)18-38(9,47)35(56-37-31(43)27(42(12)13)17-22(4)52-37)24(6)32(25(7)36(46)54-28)55-29-19-39(10,49-14)34(45)26(8)53-29;/h21-29,31-35,37,43-45,47-48H,15-20H2,1-14H3;1H/b41-30+;/t21-,22-,23+,24+,25-,26+,27+,28-,29+,31-,32+,33-,34+,35-,37+,38-,39-,40-;/m1./s1. The Labute approximate surface area is 346 Å². The van der Waals surface area contributed by atoms with Crippen molar-refractivity contribution in [3.8, 4) is 0 Å². The van der Waals surface area contributed by atoms with Gasteiger partial charge in [-0.15, -0.1) is 12.4 Å². The second kappa shape index (κ2) is 21.5. The van der Waals surface area contributed by atoms with Crippen LogP contribution in [-0.4, -0.2) is 161 Å². The van der Waals surface area contributed by atoms with Gasteiger partial charge in [0.1, 0.15) is 23.9 Å². The predicted octanol–water partition coefficient (Wildman–Crippen LogP) is 3.00. The van der Waals surface area contributed by atoms with Crippen molar-refractivity contribution >= 4 is 24.1 Å². The van der Waals surface area contributed by atoms with Crippen LogP contribution in [0.1, 0.15) is 102 Å². The van der Waals surface area contributed by atoms with E-state index in [0.29, 0.717) is 18.7 Å². The molecule has 0 aromatic carbocycles. The SMILES string of the molecule is CCOCO/N=C1\[C@H](C)C[C@@](C)(O)[C@H](O[C@@H]2O[C@H](C)C[C@H](N(C)C)[C@H]2O)[C@@H](C)[C@H](O[C@H]2C[C@@](C)(OC)[C@@H](O)[C@H](C)O2)[C@@H](C)C(=O)O[C@H](CC)[C@@](C)(O)[C@H](O)[C@H]1C.Cl. The van der Waals surface area contributed by atoms with E-state index in [0.717, 1.165) is 0 Å². The van der Waals surface area contributed by atoms with Crippen LogP contribution in [-0.2, 0) is 42.8 Å². The highest BCUT2D eigenvalue weighted by Gasteiger charge is 2.53. The number of carbonyl (C=O) groups excluding carboxylic acids is 1. The van der Waals surface area contributed by atoms with Crippen LogP contribution < -0.4 is 0 Å². The third-order valence-corrected chi connectivity index (χ3v) is 12.4. The van der Waals surface area contributed by atoms with Crippen LogP contribution in [0.3, 0.4) is 0 Å². The summed E-state index contributed by atoms with van der Waals surface area (Å²) in [6, 6.07) is -0.319. The zero-order valence-electron chi connectivity index (χ0n) is 36.6. The summed E-state index contributed by atoms with van der Waals surface area (Å²) >= 11 is 0. The first-order chi connectivity index (χ1) is 26.0. The molecule has 3 fully saturated rings. The first-order valence-electron chi connectivity index (χ1n) is 20.3. The van der Waals surface area contributed by atoms with Crippen molar-refractivity contribution in [2.75, 3.05) is 34.6 Å². The summed E-state index contributed by atoms with van der Waals surface area (Å²) in [5, 5.41) is 63.3. The van der Waals surface area contributed by atoms with Crippen LogP contribution >= 0.6 is 12.4 Å². The highest BCUT2D eigenvalue weighted by molar-refractivity contribution is 5.88. The Morgan fingerprint density at radius 1 is 0.912 bits per heavy atom. The van der Waals surface area contributed by atoms with Gasteiger partial charge in [0.25, 0.3) is 0 Å². The summed E-state index contributed by atoms with van der Waals surface area (Å²) in [6.07, 6.45) is -9.34. The lowest BCUT2D eigenvalue weighted by Gasteiger charge is -2.49. The fraction of sp³-hybridized carbons (Fsp3) is 0.950. The van der Waals surface area contributed by atoms with Crippen molar-refractivity contribution in [1.82, 2.24) is 4.90 Å². The number of cyclic esters (lactones) is 1. The van der Waals surface area contributed by atoms with Crippen molar-refractivity contribution in [2.24, 2.45) is 28.8 Å². The summed E-state index contributed by atoms with van der Waals surface area (Å²) in [7, 11) is 5.22. The zero-order valence-corrected chi connectivity index (χ0v) is 37.4. The van der Waals surface area contributed by atoms with E-state index in [9.17, 15) is 30.3 Å². The summed E-state index contributed by atoms with van der Waals surface area (Å²) in [5.74, 6) is -4.06. The molecule has 18 atom stereocenters. The first kappa shape index (κ1) is 51.9. The largest absolute Gasteiger partial charge is 0.459 e. The molecule has 0 radical (unpaired) electrons. The Morgan fingerprint density at radius 2 is 1.54 bits per heavy atom. The molecule has 0 saturated carbocycles. The first-order valence-corrected chi connectivity index (χ1v) is 20.3. The van der Waals surface area contributed by atoms with E-state index in [1.807, 2.05) is 39.8 Å². The Balaban J connectivity index is 0.0000112. The van der Waals surface area contributed by atoms with Gasteiger partial charge in [-0.25, -0.2) is 0 Å². The molecule has 0 bridgehead atoms. The lowest BCUT2D eigenvalue weighted by atomic mass is 9.73. The van der Waals surface area contributed by atoms with Crippen molar-refractivity contribution in [1.29, 1.82) is 0 Å². The maximum atomic E-state index is 14.3. The summed E-state index contributed by atoms with van der Waals surface area (Å²) in [5.41, 5.74) is -4.43. The lowest BCUT2D eigenvalue weighted by Crippen LogP contribution is -2.61. The summed E-state index contributed by atoms with van der Waals surface area (Å²) in [6.45, 7) is 19.0. The summed E-state index contributed by atoms with van der Waals surface area (Å²) < 4.78 is 42.9. The van der Waals surface area contributed by atoms with Crippen molar-refractivity contribution in [3.63, 3.8) is 0 Å². The molecule has 57 heavy (non-hydrogen) atoms. The number of esters is 1. The topological polar surface area (TPSA) is 208 Å². The van der Waals surface area contributed by atoms with E-state index >= 15 is 0 Å². The lowest BCUT2D eigenvalue weighted by molar-refractivity contribution is -0.317. The molecule has 3 saturated heterocycles. The molecule has 0 amide bonds. The molecule has 3 aliphatic rings. The number of hydrogen-bond donors (Lipinski definition) is 5. The molecular formula is C40H75ClN2O14. The molecule has 0 aromatic heterocycles. The van der Waals surface area contributed by atoms with Gasteiger partial charge < -0.3 is 68.4 Å². The third kappa shape index (κ3) is 12.2. The predicted molar refractivity (Wildman–Crippen MR) is 214 cm³/mol. The molecule has 3 aliphatic heterocycles. The Hall–Kier alpha value is -1.25. The minimum Gasteiger partial charge on any atom is -0.459 e. The molecule has 17 heteroatoms. The number of aliphatic hydroxyl groups is 5. The number of carbonyl (C=O) groups is 1. The van der Waals surface area contributed by atoms with Crippen molar-refractivity contribution in [3.05, 3.63) is 0 Å². The van der Waals surface area contributed by atoms with Gasteiger partial charge in [-0.1, -0.05) is 32.9 Å². The third-order valence-electron chi connectivity index (χ3n) is 12.4. The van der Waals surface area contributed by atoms with E-state index in [-0.39, 0.29) is 50.6 Å². The highest BCUT2D eigenvalue weighted by Crippen LogP contribution is 2.41. The maximum Gasteiger partial charge on any atom is 0.311 e. The minimum atomic E-state index is -1.95. The van der Waals surface area contributed by atoms with E-state index in [4.69, 9.17) is 38.0 Å². The van der Waals surface area contributed by atoms with E-state index in [2.05, 4.69) is 5.16 Å². The Morgan fingerprint density at radius 3 is 2.11 bits per heavy atom. The number of ether oxygens (including phenoxy) is 7.